The van der Waals surface area contributed by atoms with Gasteiger partial charge >= 0.3 is 0 Å². The molecule has 104 valence electrons. The summed E-state index contributed by atoms with van der Waals surface area (Å²) in [6, 6.07) is 9.51. The maximum absolute atomic E-state index is 6.20. The van der Waals surface area contributed by atoms with Crippen LogP contribution in [0.2, 0.25) is 5.02 Å². The zero-order valence-corrected chi connectivity index (χ0v) is 12.2. The largest absolute Gasteiger partial charge is 0.381 e. The fraction of sp³-hybridized carbons (Fsp3) is 0.625. The van der Waals surface area contributed by atoms with Crippen molar-refractivity contribution in [3.05, 3.63) is 29.3 Å². The van der Waals surface area contributed by atoms with Crippen LogP contribution in [0, 0.1) is 0 Å². The Bertz CT molecular complexity index is 407. The molecule has 3 rings (SSSR count). The van der Waals surface area contributed by atoms with E-state index in [4.69, 9.17) is 11.6 Å². The van der Waals surface area contributed by atoms with E-state index in [1.807, 2.05) is 18.2 Å². The molecule has 0 spiro atoms. The van der Waals surface area contributed by atoms with Gasteiger partial charge in [0.15, 0.2) is 0 Å². The Labute approximate surface area is 121 Å². The Kier molecular flexibility index (Phi) is 4.29. The summed E-state index contributed by atoms with van der Waals surface area (Å²) in [5, 5.41) is 4.44. The third kappa shape index (κ3) is 3.24. The van der Waals surface area contributed by atoms with Gasteiger partial charge in [-0.15, -0.1) is 0 Å². The smallest absolute Gasteiger partial charge is 0.0637 e. The van der Waals surface area contributed by atoms with Gasteiger partial charge < -0.3 is 10.2 Å². The van der Waals surface area contributed by atoms with E-state index in [2.05, 4.69) is 16.3 Å². The van der Waals surface area contributed by atoms with Crippen molar-refractivity contribution in [1.82, 2.24) is 4.90 Å². The van der Waals surface area contributed by atoms with E-state index in [1.165, 1.54) is 51.6 Å². The Balaban J connectivity index is 1.51. The Morgan fingerprint density at radius 3 is 2.37 bits per heavy atom. The summed E-state index contributed by atoms with van der Waals surface area (Å²) < 4.78 is 0. The second kappa shape index (κ2) is 6.15. The summed E-state index contributed by atoms with van der Waals surface area (Å²) in [7, 11) is 0. The van der Waals surface area contributed by atoms with E-state index < -0.39 is 0 Å². The van der Waals surface area contributed by atoms with Crippen LogP contribution < -0.4 is 5.32 Å². The first-order chi connectivity index (χ1) is 9.33. The number of halogens is 1. The van der Waals surface area contributed by atoms with Gasteiger partial charge in [-0.1, -0.05) is 36.6 Å². The van der Waals surface area contributed by atoms with Gasteiger partial charge in [0.25, 0.3) is 0 Å². The van der Waals surface area contributed by atoms with Gasteiger partial charge in [0.05, 0.1) is 10.7 Å². The summed E-state index contributed by atoms with van der Waals surface area (Å²) in [6.07, 6.45) is 8.18. The van der Waals surface area contributed by atoms with Crippen LogP contribution in [0.25, 0.3) is 0 Å². The highest BCUT2D eigenvalue weighted by Crippen LogP contribution is 2.28. The molecule has 1 aliphatic heterocycles. The van der Waals surface area contributed by atoms with E-state index in [1.54, 1.807) is 0 Å². The second-order valence-electron chi connectivity index (χ2n) is 5.87. The lowest BCUT2D eigenvalue weighted by Crippen LogP contribution is -2.43. The molecule has 1 aromatic carbocycles. The molecule has 1 heterocycles. The number of likely N-dealkylation sites (tertiary alicyclic amines) is 1. The monoisotopic (exact) mass is 278 g/mol. The quantitative estimate of drug-likeness (QED) is 0.893. The highest BCUT2D eigenvalue weighted by Gasteiger charge is 2.27. The summed E-state index contributed by atoms with van der Waals surface area (Å²) in [5.74, 6) is 0. The molecule has 19 heavy (non-hydrogen) atoms. The molecular weight excluding hydrogens is 256 g/mol. The van der Waals surface area contributed by atoms with Gasteiger partial charge in [-0.05, 0) is 37.8 Å². The molecule has 2 fully saturated rings. The first kappa shape index (κ1) is 13.3. The minimum atomic E-state index is 0.581. The number of piperidine rings is 1. The molecule has 2 aliphatic rings. The third-order valence-corrected chi connectivity index (χ3v) is 4.93. The molecule has 3 heteroatoms. The molecule has 0 bridgehead atoms. The van der Waals surface area contributed by atoms with Crippen molar-refractivity contribution in [2.45, 2.75) is 50.6 Å². The van der Waals surface area contributed by atoms with Crippen LogP contribution in [0.4, 0.5) is 5.69 Å². The van der Waals surface area contributed by atoms with Gasteiger partial charge in [0.1, 0.15) is 0 Å². The first-order valence-electron chi connectivity index (χ1n) is 7.58. The summed E-state index contributed by atoms with van der Waals surface area (Å²) >= 11 is 6.20. The highest BCUT2D eigenvalue weighted by molar-refractivity contribution is 6.33. The van der Waals surface area contributed by atoms with Crippen LogP contribution in [0.3, 0.4) is 0 Å². The Morgan fingerprint density at radius 2 is 1.68 bits per heavy atom. The molecule has 1 saturated heterocycles. The molecule has 1 N–H and O–H groups in total. The molecule has 0 aromatic heterocycles. The van der Waals surface area contributed by atoms with Gasteiger partial charge in [0.2, 0.25) is 0 Å². The minimum Gasteiger partial charge on any atom is -0.381 e. The average Bonchev–Trinajstić information content (AvgIpc) is 2.96. The number of hydrogen-bond acceptors (Lipinski definition) is 2. The fourth-order valence-electron chi connectivity index (χ4n) is 3.48. The van der Waals surface area contributed by atoms with Crippen molar-refractivity contribution in [2.75, 3.05) is 18.4 Å². The van der Waals surface area contributed by atoms with Crippen molar-refractivity contribution in [3.63, 3.8) is 0 Å². The van der Waals surface area contributed by atoms with E-state index in [9.17, 15) is 0 Å². The standard InChI is InChI=1S/C16H23ClN2/c17-15-7-3-4-8-16(15)18-13-9-11-19(12-10-13)14-5-1-2-6-14/h3-4,7-8,13-14,18H,1-2,5-6,9-12H2. The van der Waals surface area contributed by atoms with E-state index in [-0.39, 0.29) is 0 Å². The third-order valence-electron chi connectivity index (χ3n) is 4.60. The zero-order valence-electron chi connectivity index (χ0n) is 11.4. The summed E-state index contributed by atoms with van der Waals surface area (Å²) in [5.41, 5.74) is 1.09. The van der Waals surface area contributed by atoms with Crippen molar-refractivity contribution < 1.29 is 0 Å². The maximum Gasteiger partial charge on any atom is 0.0637 e. The first-order valence-corrected chi connectivity index (χ1v) is 7.96. The SMILES string of the molecule is Clc1ccccc1NC1CCN(C2CCCC2)CC1. The van der Waals surface area contributed by atoms with Crippen molar-refractivity contribution >= 4 is 17.3 Å². The van der Waals surface area contributed by atoms with Crippen molar-refractivity contribution in [3.8, 4) is 0 Å². The minimum absolute atomic E-state index is 0.581. The number of anilines is 1. The van der Waals surface area contributed by atoms with Crippen molar-refractivity contribution in [2.24, 2.45) is 0 Å². The molecule has 0 radical (unpaired) electrons. The van der Waals surface area contributed by atoms with Crippen LogP contribution >= 0.6 is 11.6 Å². The summed E-state index contributed by atoms with van der Waals surface area (Å²) in [6.45, 7) is 2.49. The molecule has 1 saturated carbocycles. The van der Waals surface area contributed by atoms with E-state index in [0.29, 0.717) is 6.04 Å². The number of rotatable bonds is 3. The molecule has 2 nitrogen and oxygen atoms in total. The van der Waals surface area contributed by atoms with Crippen LogP contribution in [-0.2, 0) is 0 Å². The average molecular weight is 279 g/mol. The molecule has 0 amide bonds. The molecule has 1 aliphatic carbocycles. The normalized spacial score (nSPS) is 22.8. The van der Waals surface area contributed by atoms with Crippen LogP contribution in [0.5, 0.6) is 0 Å². The van der Waals surface area contributed by atoms with Gasteiger partial charge in [0, 0.05) is 25.2 Å². The zero-order chi connectivity index (χ0) is 13.1. The van der Waals surface area contributed by atoms with E-state index in [0.717, 1.165) is 16.8 Å². The van der Waals surface area contributed by atoms with Crippen LogP contribution in [0.1, 0.15) is 38.5 Å². The molecule has 0 atom stereocenters. The van der Waals surface area contributed by atoms with Crippen LogP contribution in [-0.4, -0.2) is 30.1 Å². The Morgan fingerprint density at radius 1 is 1.00 bits per heavy atom. The second-order valence-corrected chi connectivity index (χ2v) is 6.28. The lowest BCUT2D eigenvalue weighted by Gasteiger charge is -2.36. The number of benzene rings is 1. The molecule has 0 unspecified atom stereocenters. The maximum atomic E-state index is 6.20. The number of hydrogen-bond donors (Lipinski definition) is 1. The van der Waals surface area contributed by atoms with Gasteiger partial charge in [-0.3, -0.25) is 0 Å². The highest BCUT2D eigenvalue weighted by atomic mass is 35.5. The topological polar surface area (TPSA) is 15.3 Å². The molecule has 1 aromatic rings. The van der Waals surface area contributed by atoms with Gasteiger partial charge in [-0.25, -0.2) is 0 Å². The predicted octanol–water partition coefficient (Wildman–Crippen LogP) is 4.16. The van der Waals surface area contributed by atoms with E-state index >= 15 is 0 Å². The number of nitrogens with zero attached hydrogens (tertiary/aromatic N) is 1. The number of nitrogens with one attached hydrogen (secondary N) is 1. The van der Waals surface area contributed by atoms with Gasteiger partial charge in [-0.2, -0.15) is 0 Å². The summed E-state index contributed by atoms with van der Waals surface area (Å²) in [4.78, 5) is 2.71. The van der Waals surface area contributed by atoms with Crippen LogP contribution in [0.15, 0.2) is 24.3 Å². The Hall–Kier alpha value is -0.730. The number of para-hydroxylation sites is 1. The lowest BCUT2D eigenvalue weighted by atomic mass is 10.0. The lowest BCUT2D eigenvalue weighted by molar-refractivity contribution is 0.159. The van der Waals surface area contributed by atoms with Crippen molar-refractivity contribution in [1.29, 1.82) is 0 Å². The predicted molar refractivity (Wildman–Crippen MR) is 81.9 cm³/mol. The molecular formula is C16H23ClN2. The fourth-order valence-corrected chi connectivity index (χ4v) is 3.67.